The van der Waals surface area contributed by atoms with Gasteiger partial charge in [0.15, 0.2) is 5.76 Å². The van der Waals surface area contributed by atoms with Crippen molar-refractivity contribution in [2.24, 2.45) is 17.8 Å². The third-order valence-electron chi connectivity index (χ3n) is 5.70. The Morgan fingerprint density at radius 3 is 3.00 bits per heavy atom. The number of ether oxygens (including phenoxy) is 1. The predicted molar refractivity (Wildman–Crippen MR) is 92.7 cm³/mol. The van der Waals surface area contributed by atoms with Crippen LogP contribution in [0.5, 0.6) is 0 Å². The summed E-state index contributed by atoms with van der Waals surface area (Å²) in [5.74, 6) is 0.217. The lowest BCUT2D eigenvalue weighted by Gasteiger charge is -2.27. The van der Waals surface area contributed by atoms with Crippen molar-refractivity contribution >= 4 is 11.8 Å². The van der Waals surface area contributed by atoms with Gasteiger partial charge in [-0.15, -0.1) is 0 Å². The Morgan fingerprint density at radius 1 is 1.50 bits per heavy atom. The topological polar surface area (TPSA) is 75.9 Å². The predicted octanol–water partition coefficient (Wildman–Crippen LogP) is 1.46. The number of hydrogen-bond acceptors (Lipinski definition) is 5. The number of rotatable bonds is 6. The summed E-state index contributed by atoms with van der Waals surface area (Å²) in [7, 11) is 1.73. The Bertz CT molecular complexity index is 729. The highest BCUT2D eigenvalue weighted by Gasteiger charge is 2.66. The summed E-state index contributed by atoms with van der Waals surface area (Å²) < 4.78 is 11.2. The molecular weight excluding hydrogens is 334 g/mol. The summed E-state index contributed by atoms with van der Waals surface area (Å²) >= 11 is 0. The van der Waals surface area contributed by atoms with Gasteiger partial charge in [0.25, 0.3) is 0 Å². The van der Waals surface area contributed by atoms with Gasteiger partial charge in [-0.2, -0.15) is 0 Å². The number of fused-ring (bicyclic) bond motifs is 1. The molecule has 26 heavy (non-hydrogen) atoms. The highest BCUT2D eigenvalue weighted by molar-refractivity contribution is 5.92. The van der Waals surface area contributed by atoms with Gasteiger partial charge in [0.05, 0.1) is 37.2 Å². The molecule has 7 heteroatoms. The highest BCUT2D eigenvalue weighted by atomic mass is 16.5. The van der Waals surface area contributed by atoms with E-state index in [1.54, 1.807) is 24.2 Å². The third kappa shape index (κ3) is 2.65. The molecule has 140 valence electrons. The molecule has 3 aliphatic rings. The first kappa shape index (κ1) is 17.3. The SMILES string of the molecule is CC(C)CCN1C[C@@]23C=C[C@@H](O2)C(C(=O)N(C)Cc2ccno2)C3C1=O. The molecule has 1 aromatic heterocycles. The third-order valence-corrected chi connectivity index (χ3v) is 5.70. The van der Waals surface area contributed by atoms with Crippen LogP contribution in [-0.2, 0) is 20.9 Å². The number of nitrogens with zero attached hydrogens (tertiary/aromatic N) is 3. The lowest BCUT2D eigenvalue weighted by Crippen LogP contribution is -2.44. The second-order valence-electron chi connectivity index (χ2n) is 8.02. The van der Waals surface area contributed by atoms with Crippen LogP contribution in [0.3, 0.4) is 0 Å². The number of aromatic nitrogens is 1. The Kier molecular flexibility index (Phi) is 4.14. The van der Waals surface area contributed by atoms with Gasteiger partial charge in [-0.3, -0.25) is 9.59 Å². The van der Waals surface area contributed by atoms with Crippen molar-refractivity contribution in [1.29, 1.82) is 0 Å². The van der Waals surface area contributed by atoms with E-state index in [1.165, 1.54) is 0 Å². The quantitative estimate of drug-likeness (QED) is 0.719. The van der Waals surface area contributed by atoms with Crippen LogP contribution in [0.4, 0.5) is 0 Å². The summed E-state index contributed by atoms with van der Waals surface area (Å²) in [6, 6.07) is 1.73. The smallest absolute Gasteiger partial charge is 0.230 e. The van der Waals surface area contributed by atoms with Gasteiger partial charge in [0.1, 0.15) is 5.60 Å². The molecule has 4 heterocycles. The largest absolute Gasteiger partial charge is 0.360 e. The van der Waals surface area contributed by atoms with E-state index in [9.17, 15) is 9.59 Å². The Morgan fingerprint density at radius 2 is 2.31 bits per heavy atom. The van der Waals surface area contributed by atoms with Crippen LogP contribution in [0.25, 0.3) is 0 Å². The average molecular weight is 359 g/mol. The zero-order valence-corrected chi connectivity index (χ0v) is 15.4. The normalized spacial score (nSPS) is 31.9. The van der Waals surface area contributed by atoms with Crippen LogP contribution in [0, 0.1) is 17.8 Å². The molecule has 0 saturated carbocycles. The van der Waals surface area contributed by atoms with Gasteiger partial charge in [-0.05, 0) is 12.3 Å². The van der Waals surface area contributed by atoms with E-state index in [-0.39, 0.29) is 17.9 Å². The molecule has 3 aliphatic heterocycles. The molecule has 1 aromatic rings. The average Bonchev–Trinajstić information content (AvgIpc) is 3.35. The van der Waals surface area contributed by atoms with Crippen molar-refractivity contribution in [3.63, 3.8) is 0 Å². The Hall–Kier alpha value is -2.15. The number of amides is 2. The van der Waals surface area contributed by atoms with Gasteiger partial charge in [0, 0.05) is 19.7 Å². The van der Waals surface area contributed by atoms with Gasteiger partial charge in [-0.1, -0.05) is 31.2 Å². The molecule has 2 amide bonds. The van der Waals surface area contributed by atoms with Crippen molar-refractivity contribution in [1.82, 2.24) is 15.0 Å². The first-order valence-electron chi connectivity index (χ1n) is 9.22. The van der Waals surface area contributed by atoms with Crippen molar-refractivity contribution in [3.8, 4) is 0 Å². The number of carbonyl (C=O) groups is 2. The molecule has 0 radical (unpaired) electrons. The lowest BCUT2D eigenvalue weighted by molar-refractivity contribution is -0.142. The van der Waals surface area contributed by atoms with Crippen molar-refractivity contribution in [3.05, 3.63) is 30.2 Å². The first-order valence-corrected chi connectivity index (χ1v) is 9.22. The minimum atomic E-state index is -0.633. The summed E-state index contributed by atoms with van der Waals surface area (Å²) in [4.78, 5) is 29.6. The molecule has 0 aliphatic carbocycles. The molecule has 2 fully saturated rings. The van der Waals surface area contributed by atoms with Crippen LogP contribution in [0.2, 0.25) is 0 Å². The molecule has 2 bridgehead atoms. The molecule has 0 aromatic carbocycles. The van der Waals surface area contributed by atoms with E-state index in [1.807, 2.05) is 17.1 Å². The summed E-state index contributed by atoms with van der Waals surface area (Å²) in [6.07, 6.45) is 6.13. The standard InChI is InChI=1S/C19H25N3O4/c1-12(2)6-9-22-11-19-7-4-14(25-19)15(16(19)18(22)24)17(23)21(3)10-13-5-8-20-26-13/h4-5,7-8,12,14-16H,6,9-11H2,1-3H3/t14-,15?,16?,19-/m1/s1. The molecule has 4 atom stereocenters. The second-order valence-corrected chi connectivity index (χ2v) is 8.02. The fourth-order valence-electron chi connectivity index (χ4n) is 4.35. The maximum absolute atomic E-state index is 13.1. The summed E-state index contributed by atoms with van der Waals surface area (Å²) in [6.45, 7) is 5.88. The van der Waals surface area contributed by atoms with E-state index in [0.29, 0.717) is 31.3 Å². The first-order chi connectivity index (χ1) is 12.4. The fraction of sp³-hybridized carbons (Fsp3) is 0.632. The van der Waals surface area contributed by atoms with Crippen LogP contribution in [-0.4, -0.2) is 58.6 Å². The minimum Gasteiger partial charge on any atom is -0.360 e. The molecule has 7 nitrogen and oxygen atoms in total. The highest BCUT2D eigenvalue weighted by Crippen LogP contribution is 2.52. The van der Waals surface area contributed by atoms with Crippen LogP contribution < -0.4 is 0 Å². The molecule has 1 spiro atoms. The lowest BCUT2D eigenvalue weighted by atomic mass is 9.76. The van der Waals surface area contributed by atoms with Gasteiger partial charge in [-0.25, -0.2) is 0 Å². The van der Waals surface area contributed by atoms with Crippen molar-refractivity contribution in [2.45, 2.75) is 38.5 Å². The summed E-state index contributed by atoms with van der Waals surface area (Å²) in [5.41, 5.74) is -0.633. The van der Waals surface area contributed by atoms with E-state index in [0.717, 1.165) is 6.42 Å². The fourth-order valence-corrected chi connectivity index (χ4v) is 4.35. The molecular formula is C19H25N3O4. The van der Waals surface area contributed by atoms with Crippen molar-refractivity contribution in [2.75, 3.05) is 20.1 Å². The number of carbonyl (C=O) groups excluding carboxylic acids is 2. The van der Waals surface area contributed by atoms with Gasteiger partial charge in [0.2, 0.25) is 11.8 Å². The molecule has 2 unspecified atom stereocenters. The zero-order chi connectivity index (χ0) is 18.5. The van der Waals surface area contributed by atoms with E-state index in [2.05, 4.69) is 19.0 Å². The zero-order valence-electron chi connectivity index (χ0n) is 15.4. The van der Waals surface area contributed by atoms with E-state index in [4.69, 9.17) is 9.26 Å². The monoisotopic (exact) mass is 359 g/mol. The van der Waals surface area contributed by atoms with E-state index < -0.39 is 17.4 Å². The molecule has 0 N–H and O–H groups in total. The van der Waals surface area contributed by atoms with Gasteiger partial charge < -0.3 is 19.1 Å². The van der Waals surface area contributed by atoms with Crippen LogP contribution in [0.1, 0.15) is 26.0 Å². The number of likely N-dealkylation sites (tertiary alicyclic amines) is 1. The maximum Gasteiger partial charge on any atom is 0.230 e. The molecule has 2 saturated heterocycles. The minimum absolute atomic E-state index is 0.0453. The maximum atomic E-state index is 13.1. The summed E-state index contributed by atoms with van der Waals surface area (Å²) in [5, 5.41) is 3.67. The van der Waals surface area contributed by atoms with Gasteiger partial charge >= 0.3 is 0 Å². The second kappa shape index (κ2) is 6.23. The van der Waals surface area contributed by atoms with Crippen LogP contribution >= 0.6 is 0 Å². The van der Waals surface area contributed by atoms with Crippen LogP contribution in [0.15, 0.2) is 28.9 Å². The van der Waals surface area contributed by atoms with Crippen molar-refractivity contribution < 1.29 is 18.8 Å². The Labute approximate surface area is 152 Å². The Balaban J connectivity index is 1.52. The number of hydrogen-bond donors (Lipinski definition) is 0. The van der Waals surface area contributed by atoms with E-state index >= 15 is 0 Å². The molecule has 4 rings (SSSR count).